The van der Waals surface area contributed by atoms with E-state index in [9.17, 15) is 19.5 Å². The van der Waals surface area contributed by atoms with Crippen molar-refractivity contribution in [2.45, 2.75) is 32.5 Å². The Labute approximate surface area is 107 Å². The van der Waals surface area contributed by atoms with E-state index in [1.807, 2.05) is 0 Å². The van der Waals surface area contributed by atoms with Gasteiger partial charge in [0.15, 0.2) is 6.04 Å². The van der Waals surface area contributed by atoms with E-state index in [2.05, 4.69) is 5.32 Å². The Morgan fingerprint density at radius 3 is 2.56 bits per heavy atom. The van der Waals surface area contributed by atoms with Crippen LogP contribution in [0.1, 0.15) is 12.6 Å². The Bertz CT molecular complexity index is 505. The van der Waals surface area contributed by atoms with Crippen molar-refractivity contribution in [2.24, 2.45) is 0 Å². The van der Waals surface area contributed by atoms with Crippen LogP contribution in [-0.2, 0) is 16.1 Å². The van der Waals surface area contributed by atoms with Gasteiger partial charge in [0, 0.05) is 11.1 Å². The zero-order valence-corrected chi connectivity index (χ0v) is 10.7. The minimum absolute atomic E-state index is 0.259. The predicted octanol–water partition coefficient (Wildman–Crippen LogP) is -0.832. The van der Waals surface area contributed by atoms with E-state index >= 15 is 0 Å². The van der Waals surface area contributed by atoms with Gasteiger partial charge in [0.1, 0.15) is 6.54 Å². The van der Waals surface area contributed by atoms with Crippen LogP contribution in [0.3, 0.4) is 0 Å². The summed E-state index contributed by atoms with van der Waals surface area (Å²) in [6, 6.07) is -1.38. The second kappa shape index (κ2) is 5.78. The third kappa shape index (κ3) is 3.41. The Kier molecular flexibility index (Phi) is 4.62. The summed E-state index contributed by atoms with van der Waals surface area (Å²) in [5, 5.41) is 21.8. The number of rotatable bonds is 5. The molecule has 0 aliphatic heterocycles. The maximum Gasteiger partial charge on any atom is 0.328 e. The number of thiazole rings is 1. The average Bonchev–Trinajstić information content (AvgIpc) is 2.56. The number of nitrogens with zero attached hydrogens (tertiary/aromatic N) is 1. The fourth-order valence-electron chi connectivity index (χ4n) is 1.35. The van der Waals surface area contributed by atoms with Crippen LogP contribution in [0.4, 0.5) is 0 Å². The summed E-state index contributed by atoms with van der Waals surface area (Å²) in [4.78, 5) is 33.4. The lowest BCUT2D eigenvalue weighted by molar-refractivity contribution is -0.144. The van der Waals surface area contributed by atoms with Crippen molar-refractivity contribution >= 4 is 23.2 Å². The topological polar surface area (TPSA) is 109 Å². The van der Waals surface area contributed by atoms with Crippen LogP contribution in [0.5, 0.6) is 0 Å². The molecule has 1 rings (SSSR count). The van der Waals surface area contributed by atoms with Crippen LogP contribution in [0.15, 0.2) is 10.2 Å². The van der Waals surface area contributed by atoms with Gasteiger partial charge < -0.3 is 15.5 Å². The molecule has 0 aliphatic carbocycles. The number of aliphatic carboxylic acids is 1. The van der Waals surface area contributed by atoms with Gasteiger partial charge in [-0.25, -0.2) is 4.79 Å². The smallest absolute Gasteiger partial charge is 0.328 e. The molecule has 2 atom stereocenters. The van der Waals surface area contributed by atoms with Crippen LogP contribution in [-0.4, -0.2) is 38.8 Å². The van der Waals surface area contributed by atoms with Crippen molar-refractivity contribution < 1.29 is 19.8 Å². The zero-order chi connectivity index (χ0) is 13.9. The van der Waals surface area contributed by atoms with Crippen molar-refractivity contribution in [3.8, 4) is 0 Å². The van der Waals surface area contributed by atoms with Crippen LogP contribution in [0, 0.1) is 6.92 Å². The molecule has 0 bridgehead atoms. The first-order chi connectivity index (χ1) is 8.32. The fraction of sp³-hybridized carbons (Fsp3) is 0.500. The molecule has 100 valence electrons. The standard InChI is InChI=1S/C10H14N2O5S/c1-5-4-18-10(17)12(5)3-7(14)11-8(6(2)13)9(15)16/h4,6,8,13H,3H2,1-2H3,(H,11,14)(H,15,16). The lowest BCUT2D eigenvalue weighted by Gasteiger charge is -2.17. The Morgan fingerprint density at radius 2 is 2.17 bits per heavy atom. The molecule has 0 spiro atoms. The summed E-state index contributed by atoms with van der Waals surface area (Å²) in [7, 11) is 0. The quantitative estimate of drug-likeness (QED) is 0.649. The highest BCUT2D eigenvalue weighted by atomic mass is 32.1. The van der Waals surface area contributed by atoms with Gasteiger partial charge in [0.2, 0.25) is 5.91 Å². The van der Waals surface area contributed by atoms with Crippen molar-refractivity contribution in [1.82, 2.24) is 9.88 Å². The minimum Gasteiger partial charge on any atom is -0.480 e. The van der Waals surface area contributed by atoms with Crippen molar-refractivity contribution in [3.05, 3.63) is 20.7 Å². The van der Waals surface area contributed by atoms with Crippen molar-refractivity contribution in [3.63, 3.8) is 0 Å². The van der Waals surface area contributed by atoms with E-state index in [1.165, 1.54) is 11.5 Å². The molecule has 1 aromatic heterocycles. The summed E-state index contributed by atoms with van der Waals surface area (Å²) in [6.45, 7) is 2.68. The number of carbonyl (C=O) groups is 2. The zero-order valence-electron chi connectivity index (χ0n) is 9.91. The van der Waals surface area contributed by atoms with E-state index in [-0.39, 0.29) is 11.4 Å². The van der Waals surface area contributed by atoms with Gasteiger partial charge in [-0.1, -0.05) is 11.3 Å². The van der Waals surface area contributed by atoms with E-state index in [4.69, 9.17) is 5.11 Å². The Morgan fingerprint density at radius 1 is 1.56 bits per heavy atom. The molecular weight excluding hydrogens is 260 g/mol. The van der Waals surface area contributed by atoms with Gasteiger partial charge in [0.25, 0.3) is 0 Å². The molecule has 2 unspecified atom stereocenters. The second-order valence-corrected chi connectivity index (χ2v) is 4.67. The van der Waals surface area contributed by atoms with Gasteiger partial charge in [-0.2, -0.15) is 0 Å². The fourth-order valence-corrected chi connectivity index (χ4v) is 2.08. The number of aliphatic hydroxyl groups is 1. The van der Waals surface area contributed by atoms with Gasteiger partial charge in [-0.15, -0.1) is 0 Å². The molecule has 1 aromatic rings. The number of hydrogen-bond donors (Lipinski definition) is 3. The first-order valence-corrected chi connectivity index (χ1v) is 6.06. The largest absolute Gasteiger partial charge is 0.480 e. The SMILES string of the molecule is Cc1csc(=O)n1CC(=O)NC(C(=O)O)C(C)O. The van der Waals surface area contributed by atoms with Gasteiger partial charge in [-0.05, 0) is 13.8 Å². The van der Waals surface area contributed by atoms with Crippen molar-refractivity contribution in [1.29, 1.82) is 0 Å². The number of aliphatic hydroxyl groups excluding tert-OH is 1. The van der Waals surface area contributed by atoms with E-state index in [0.717, 1.165) is 11.3 Å². The molecule has 0 aromatic carbocycles. The predicted molar refractivity (Wildman–Crippen MR) is 64.6 cm³/mol. The molecule has 0 radical (unpaired) electrons. The number of aryl methyl sites for hydroxylation is 1. The highest BCUT2D eigenvalue weighted by Gasteiger charge is 2.25. The lowest BCUT2D eigenvalue weighted by atomic mass is 10.2. The van der Waals surface area contributed by atoms with Gasteiger partial charge in [0.05, 0.1) is 6.10 Å². The third-order valence-electron chi connectivity index (χ3n) is 2.34. The third-order valence-corrected chi connectivity index (χ3v) is 3.22. The molecule has 1 amide bonds. The van der Waals surface area contributed by atoms with Crippen LogP contribution < -0.4 is 10.2 Å². The lowest BCUT2D eigenvalue weighted by Crippen LogP contribution is -2.49. The van der Waals surface area contributed by atoms with Crippen LogP contribution >= 0.6 is 11.3 Å². The number of nitrogens with one attached hydrogen (secondary N) is 1. The number of carboxylic acids is 1. The molecule has 18 heavy (non-hydrogen) atoms. The molecule has 3 N–H and O–H groups in total. The number of aromatic nitrogens is 1. The minimum atomic E-state index is -1.38. The first kappa shape index (κ1) is 14.4. The molecule has 0 fully saturated rings. The summed E-state index contributed by atoms with van der Waals surface area (Å²) < 4.78 is 1.24. The molecule has 0 aliphatic rings. The van der Waals surface area contributed by atoms with Crippen LogP contribution in [0.2, 0.25) is 0 Å². The van der Waals surface area contributed by atoms with Gasteiger partial charge in [-0.3, -0.25) is 14.2 Å². The number of carboxylic acid groups (broad SMARTS) is 1. The van der Waals surface area contributed by atoms with E-state index in [0.29, 0.717) is 5.69 Å². The maximum atomic E-state index is 11.6. The second-order valence-electron chi connectivity index (χ2n) is 3.85. The molecule has 1 heterocycles. The number of amides is 1. The number of hydrogen-bond acceptors (Lipinski definition) is 5. The van der Waals surface area contributed by atoms with E-state index in [1.54, 1.807) is 12.3 Å². The molecular formula is C10H14N2O5S. The van der Waals surface area contributed by atoms with Gasteiger partial charge >= 0.3 is 10.8 Å². The van der Waals surface area contributed by atoms with E-state index < -0.39 is 24.0 Å². The van der Waals surface area contributed by atoms with Crippen LogP contribution in [0.25, 0.3) is 0 Å². The highest BCUT2D eigenvalue weighted by molar-refractivity contribution is 7.07. The monoisotopic (exact) mass is 274 g/mol. The number of carbonyl (C=O) groups excluding carboxylic acids is 1. The maximum absolute atomic E-state index is 11.6. The Balaban J connectivity index is 2.73. The molecule has 8 heteroatoms. The Hall–Kier alpha value is -1.67. The van der Waals surface area contributed by atoms with Crippen molar-refractivity contribution in [2.75, 3.05) is 0 Å². The molecule has 0 saturated heterocycles. The normalized spacial score (nSPS) is 13.9. The molecule has 7 nitrogen and oxygen atoms in total. The average molecular weight is 274 g/mol. The summed E-state index contributed by atoms with van der Waals surface area (Å²) in [5.41, 5.74) is 0.629. The summed E-state index contributed by atoms with van der Waals surface area (Å²) in [6.07, 6.45) is -1.22. The first-order valence-electron chi connectivity index (χ1n) is 5.18. The summed E-state index contributed by atoms with van der Waals surface area (Å²) in [5.74, 6) is -1.96. The summed E-state index contributed by atoms with van der Waals surface area (Å²) >= 11 is 0.966. The highest BCUT2D eigenvalue weighted by Crippen LogP contribution is 2.00. The molecule has 0 saturated carbocycles.